The summed E-state index contributed by atoms with van der Waals surface area (Å²) in [5.41, 5.74) is 7.02. The van der Waals surface area contributed by atoms with Crippen molar-refractivity contribution in [3.63, 3.8) is 0 Å². The lowest BCUT2D eigenvalue weighted by molar-refractivity contribution is 0.0343. The fourth-order valence-electron chi connectivity index (χ4n) is 4.29. The quantitative estimate of drug-likeness (QED) is 0.465. The highest BCUT2D eigenvalue weighted by Gasteiger charge is 2.20. The van der Waals surface area contributed by atoms with Crippen LogP contribution in [0, 0.1) is 19.7 Å². The summed E-state index contributed by atoms with van der Waals surface area (Å²) in [5, 5.41) is 12.7. The zero-order valence-corrected chi connectivity index (χ0v) is 19.5. The van der Waals surface area contributed by atoms with Crippen LogP contribution in [-0.2, 0) is 24.1 Å². The summed E-state index contributed by atoms with van der Waals surface area (Å²) in [4.78, 5) is 7.21. The molecule has 4 heterocycles. The Labute approximate surface area is 196 Å². The molecule has 172 valence electrons. The number of benzene rings is 1. The maximum absolute atomic E-state index is 14.6. The molecule has 0 atom stereocenters. The normalized spacial score (nSPS) is 14.9. The average Bonchev–Trinajstić information content (AvgIpc) is 3.33. The molecule has 5 rings (SSSR count). The number of ether oxygens (including phenoxy) is 1. The van der Waals surface area contributed by atoms with E-state index in [1.54, 1.807) is 12.1 Å². The topological polar surface area (TPSA) is 71.3 Å². The maximum atomic E-state index is 14.6. The van der Waals surface area contributed by atoms with E-state index in [0.29, 0.717) is 23.4 Å². The van der Waals surface area contributed by atoms with E-state index in [9.17, 15) is 4.39 Å². The molecule has 1 N–H and O–H groups in total. The highest BCUT2D eigenvalue weighted by molar-refractivity contribution is 6.30. The van der Waals surface area contributed by atoms with Gasteiger partial charge in [0, 0.05) is 48.8 Å². The Morgan fingerprint density at radius 3 is 2.61 bits per heavy atom. The van der Waals surface area contributed by atoms with Gasteiger partial charge in [0.05, 0.1) is 36.0 Å². The number of aromatic nitrogens is 5. The standard InChI is InChI=1S/C24H26ClFN6O/c1-15-9-20(29-28-15)13-21-10-18(14-31-5-7-33-8-6-31)24-27-16(2)23(32(24)30-21)11-17-3-4-19(25)12-22(17)26/h3-4,9-10,12H,5-8,11,13-14H2,1-2H3,(H,28,29). The SMILES string of the molecule is Cc1cc(Cc2cc(CN3CCOCC3)c3nc(C)c(Cc4ccc(Cl)cc4F)n3n2)n[nH]1. The van der Waals surface area contributed by atoms with Crippen molar-refractivity contribution in [2.24, 2.45) is 0 Å². The summed E-state index contributed by atoms with van der Waals surface area (Å²) in [6.07, 6.45) is 0.979. The average molecular weight is 469 g/mol. The van der Waals surface area contributed by atoms with Crippen LogP contribution in [0.1, 0.15) is 39.6 Å². The minimum atomic E-state index is -0.325. The first kappa shape index (κ1) is 22.0. The van der Waals surface area contributed by atoms with Crippen LogP contribution in [0.3, 0.4) is 0 Å². The molecule has 1 aliphatic heterocycles. The van der Waals surface area contributed by atoms with Gasteiger partial charge >= 0.3 is 0 Å². The number of hydrogen-bond acceptors (Lipinski definition) is 5. The largest absolute Gasteiger partial charge is 0.379 e. The summed E-state index contributed by atoms with van der Waals surface area (Å²) >= 11 is 5.95. The number of rotatable bonds is 6. The van der Waals surface area contributed by atoms with Crippen molar-refractivity contribution < 1.29 is 9.13 Å². The van der Waals surface area contributed by atoms with Crippen molar-refractivity contribution in [3.05, 3.63) is 80.8 Å². The molecule has 1 fully saturated rings. The molecule has 0 amide bonds. The van der Waals surface area contributed by atoms with Gasteiger partial charge in [0.1, 0.15) is 5.82 Å². The van der Waals surface area contributed by atoms with Crippen LogP contribution >= 0.6 is 11.6 Å². The first-order valence-corrected chi connectivity index (χ1v) is 11.5. The van der Waals surface area contributed by atoms with E-state index >= 15 is 0 Å². The van der Waals surface area contributed by atoms with E-state index in [0.717, 1.165) is 72.5 Å². The Kier molecular flexibility index (Phi) is 6.14. The van der Waals surface area contributed by atoms with Crippen LogP contribution in [0.15, 0.2) is 30.3 Å². The Hall–Kier alpha value is -2.81. The molecule has 0 radical (unpaired) electrons. The van der Waals surface area contributed by atoms with Crippen LogP contribution in [0.4, 0.5) is 4.39 Å². The zero-order valence-electron chi connectivity index (χ0n) is 18.7. The molecule has 0 unspecified atom stereocenters. The monoisotopic (exact) mass is 468 g/mol. The second kappa shape index (κ2) is 9.21. The van der Waals surface area contributed by atoms with Gasteiger partial charge in [-0.15, -0.1) is 0 Å². The number of aryl methyl sites for hydroxylation is 2. The molecule has 0 bridgehead atoms. The summed E-state index contributed by atoms with van der Waals surface area (Å²) in [6, 6.07) is 8.92. The van der Waals surface area contributed by atoms with Crippen LogP contribution in [0.25, 0.3) is 5.65 Å². The molecule has 1 aromatic carbocycles. The number of H-pyrrole nitrogens is 1. The van der Waals surface area contributed by atoms with Gasteiger partial charge in [-0.25, -0.2) is 13.9 Å². The Morgan fingerprint density at radius 1 is 1.06 bits per heavy atom. The van der Waals surface area contributed by atoms with E-state index in [1.165, 1.54) is 6.07 Å². The molecule has 0 saturated carbocycles. The number of nitrogens with one attached hydrogen (secondary N) is 1. The minimum Gasteiger partial charge on any atom is -0.379 e. The second-order valence-electron chi connectivity index (χ2n) is 8.56. The molecule has 0 spiro atoms. The van der Waals surface area contributed by atoms with Crippen molar-refractivity contribution in [1.29, 1.82) is 0 Å². The lowest BCUT2D eigenvalue weighted by Crippen LogP contribution is -2.35. The summed E-state index contributed by atoms with van der Waals surface area (Å²) < 4.78 is 22.0. The number of fused-ring (bicyclic) bond motifs is 1. The molecule has 9 heteroatoms. The van der Waals surface area contributed by atoms with Crippen molar-refractivity contribution in [1.82, 2.24) is 29.7 Å². The van der Waals surface area contributed by atoms with E-state index in [1.807, 2.05) is 24.4 Å². The number of imidazole rings is 1. The summed E-state index contributed by atoms with van der Waals surface area (Å²) in [5.74, 6) is -0.325. The fraction of sp³-hybridized carbons (Fsp3) is 0.375. The molecule has 3 aromatic heterocycles. The van der Waals surface area contributed by atoms with Crippen molar-refractivity contribution >= 4 is 17.2 Å². The van der Waals surface area contributed by atoms with E-state index in [-0.39, 0.29) is 5.82 Å². The predicted molar refractivity (Wildman–Crippen MR) is 124 cm³/mol. The maximum Gasteiger partial charge on any atom is 0.158 e. The van der Waals surface area contributed by atoms with Crippen LogP contribution in [-0.4, -0.2) is 56.0 Å². The zero-order chi connectivity index (χ0) is 22.9. The van der Waals surface area contributed by atoms with Gasteiger partial charge < -0.3 is 4.74 Å². The number of aromatic amines is 1. The molecule has 1 saturated heterocycles. The van der Waals surface area contributed by atoms with Gasteiger partial charge in [0.2, 0.25) is 0 Å². The first-order valence-electron chi connectivity index (χ1n) is 11.1. The Bertz CT molecular complexity index is 1290. The molecular formula is C24H26ClFN6O. The number of morpholine rings is 1. The number of halogens is 2. The smallest absolute Gasteiger partial charge is 0.158 e. The third kappa shape index (κ3) is 4.78. The van der Waals surface area contributed by atoms with Crippen molar-refractivity contribution in [2.75, 3.05) is 26.3 Å². The molecule has 0 aliphatic carbocycles. The van der Waals surface area contributed by atoms with Crippen LogP contribution in [0.2, 0.25) is 5.02 Å². The number of nitrogens with zero attached hydrogens (tertiary/aromatic N) is 5. The Morgan fingerprint density at radius 2 is 1.88 bits per heavy atom. The third-order valence-electron chi connectivity index (χ3n) is 6.00. The van der Waals surface area contributed by atoms with E-state index in [4.69, 9.17) is 26.4 Å². The van der Waals surface area contributed by atoms with Gasteiger partial charge in [-0.1, -0.05) is 17.7 Å². The second-order valence-corrected chi connectivity index (χ2v) is 9.00. The highest BCUT2D eigenvalue weighted by Crippen LogP contribution is 2.23. The Balaban J connectivity index is 1.57. The van der Waals surface area contributed by atoms with Gasteiger partial charge in [-0.3, -0.25) is 10.00 Å². The van der Waals surface area contributed by atoms with Crippen LogP contribution in [0.5, 0.6) is 0 Å². The van der Waals surface area contributed by atoms with Gasteiger partial charge in [-0.2, -0.15) is 10.2 Å². The van der Waals surface area contributed by atoms with E-state index < -0.39 is 0 Å². The molecule has 4 aromatic rings. The molecule has 7 nitrogen and oxygen atoms in total. The van der Waals surface area contributed by atoms with Gasteiger partial charge in [-0.05, 0) is 43.7 Å². The van der Waals surface area contributed by atoms with Crippen LogP contribution < -0.4 is 0 Å². The third-order valence-corrected chi connectivity index (χ3v) is 6.23. The van der Waals surface area contributed by atoms with Gasteiger partial charge in [0.15, 0.2) is 5.65 Å². The van der Waals surface area contributed by atoms with Crippen molar-refractivity contribution in [3.8, 4) is 0 Å². The molecule has 33 heavy (non-hydrogen) atoms. The van der Waals surface area contributed by atoms with E-state index in [2.05, 4.69) is 21.2 Å². The minimum absolute atomic E-state index is 0.325. The lowest BCUT2D eigenvalue weighted by Gasteiger charge is -2.26. The lowest BCUT2D eigenvalue weighted by atomic mass is 10.1. The predicted octanol–water partition coefficient (Wildman–Crippen LogP) is 3.88. The van der Waals surface area contributed by atoms with Gasteiger partial charge in [0.25, 0.3) is 0 Å². The highest BCUT2D eigenvalue weighted by atomic mass is 35.5. The summed E-state index contributed by atoms with van der Waals surface area (Å²) in [7, 11) is 0. The molecule has 1 aliphatic rings. The first-order chi connectivity index (χ1) is 16.0. The number of hydrogen-bond donors (Lipinski definition) is 1. The van der Waals surface area contributed by atoms with Crippen molar-refractivity contribution in [2.45, 2.75) is 33.2 Å². The molecular weight excluding hydrogens is 443 g/mol. The fourth-order valence-corrected chi connectivity index (χ4v) is 4.45. The summed E-state index contributed by atoms with van der Waals surface area (Å²) in [6.45, 7) is 7.91.